The molecule has 1 saturated carbocycles. The van der Waals surface area contributed by atoms with Crippen LogP contribution in [0.4, 0.5) is 10.6 Å². The number of nitrogens with zero attached hydrogens (tertiary/aromatic N) is 3. The number of hydrogen-bond acceptors (Lipinski definition) is 4. The number of fused-ring (bicyclic) bond motifs is 1. The summed E-state index contributed by atoms with van der Waals surface area (Å²) in [7, 11) is 0. The van der Waals surface area contributed by atoms with Crippen LogP contribution in [0.15, 0.2) is 12.1 Å². The molecule has 3 fully saturated rings. The molecular weight excluding hydrogens is 338 g/mol. The summed E-state index contributed by atoms with van der Waals surface area (Å²) in [5.74, 6) is 2.99. The quantitative estimate of drug-likeness (QED) is 0.747. The highest BCUT2D eigenvalue weighted by molar-refractivity contribution is 6.29. The molecule has 3 aliphatic rings. The van der Waals surface area contributed by atoms with Gasteiger partial charge in [0, 0.05) is 32.1 Å². The van der Waals surface area contributed by atoms with Crippen molar-refractivity contribution in [3.63, 3.8) is 0 Å². The molecule has 0 spiro atoms. The Morgan fingerprint density at radius 3 is 2.36 bits per heavy atom. The maximum atomic E-state index is 12.1. The minimum Gasteiger partial charge on any atom is -0.444 e. The highest BCUT2D eigenvalue weighted by atomic mass is 35.5. The van der Waals surface area contributed by atoms with Gasteiger partial charge in [-0.25, -0.2) is 9.78 Å². The lowest BCUT2D eigenvalue weighted by Gasteiger charge is -2.40. The van der Waals surface area contributed by atoms with Crippen LogP contribution in [0.3, 0.4) is 0 Å². The van der Waals surface area contributed by atoms with Gasteiger partial charge in [-0.15, -0.1) is 0 Å². The minimum atomic E-state index is -0.454. The van der Waals surface area contributed by atoms with Gasteiger partial charge in [-0.3, -0.25) is 0 Å². The van der Waals surface area contributed by atoms with Crippen LogP contribution < -0.4 is 4.90 Å². The number of rotatable bonds is 2. The Morgan fingerprint density at radius 2 is 1.80 bits per heavy atom. The molecule has 0 N–H and O–H groups in total. The van der Waals surface area contributed by atoms with Crippen LogP contribution in [-0.2, 0) is 4.74 Å². The molecule has 1 aliphatic carbocycles. The largest absolute Gasteiger partial charge is 0.444 e. The number of likely N-dealkylation sites (tertiary alicyclic amines) is 1. The zero-order chi connectivity index (χ0) is 17.8. The number of hydrogen-bond donors (Lipinski definition) is 0. The molecule has 0 aromatic carbocycles. The Kier molecular flexibility index (Phi) is 4.10. The number of ether oxygens (including phenoxy) is 1. The van der Waals surface area contributed by atoms with Gasteiger partial charge in [0.2, 0.25) is 0 Å². The number of carbonyl (C=O) groups excluding carboxylic acids is 1. The number of amides is 1. The van der Waals surface area contributed by atoms with Gasteiger partial charge in [-0.1, -0.05) is 11.6 Å². The second-order valence-corrected chi connectivity index (χ2v) is 9.05. The third kappa shape index (κ3) is 3.43. The van der Waals surface area contributed by atoms with E-state index in [1.54, 1.807) is 4.90 Å². The van der Waals surface area contributed by atoms with Crippen molar-refractivity contribution >= 4 is 23.5 Å². The van der Waals surface area contributed by atoms with E-state index < -0.39 is 5.60 Å². The number of aromatic nitrogens is 1. The van der Waals surface area contributed by atoms with Crippen molar-refractivity contribution in [2.75, 3.05) is 31.1 Å². The van der Waals surface area contributed by atoms with E-state index in [1.807, 2.05) is 26.8 Å². The molecule has 0 radical (unpaired) electrons. The van der Waals surface area contributed by atoms with Crippen LogP contribution in [0, 0.1) is 11.8 Å². The first-order valence-corrected chi connectivity index (χ1v) is 9.56. The maximum absolute atomic E-state index is 12.1. The fourth-order valence-corrected chi connectivity index (χ4v) is 4.22. The summed E-state index contributed by atoms with van der Waals surface area (Å²) in [6.07, 6.45) is 2.46. The van der Waals surface area contributed by atoms with Gasteiger partial charge < -0.3 is 14.5 Å². The van der Waals surface area contributed by atoms with Crippen molar-refractivity contribution < 1.29 is 9.53 Å². The van der Waals surface area contributed by atoms with E-state index in [9.17, 15) is 4.79 Å². The number of halogens is 1. The zero-order valence-electron chi connectivity index (χ0n) is 15.2. The first-order chi connectivity index (χ1) is 11.8. The van der Waals surface area contributed by atoms with Crippen molar-refractivity contribution in [3.8, 4) is 0 Å². The second-order valence-electron chi connectivity index (χ2n) is 8.67. The van der Waals surface area contributed by atoms with E-state index in [1.165, 1.54) is 18.4 Å². The van der Waals surface area contributed by atoms with Crippen molar-refractivity contribution in [1.29, 1.82) is 0 Å². The lowest BCUT2D eigenvalue weighted by Crippen LogP contribution is -2.50. The van der Waals surface area contributed by atoms with E-state index in [0.29, 0.717) is 24.2 Å². The standard InChI is InChI=1S/C19H26ClN3O2/c1-19(2,3)25-18(24)23-10-15(11-23)14-6-16(20)21-17(7-14)22-8-12-4-5-13(12)9-22/h6-7,12-13,15H,4-5,8-11H2,1-3H3. The van der Waals surface area contributed by atoms with Gasteiger partial charge >= 0.3 is 6.09 Å². The van der Waals surface area contributed by atoms with Crippen LogP contribution in [0.1, 0.15) is 45.1 Å². The van der Waals surface area contributed by atoms with Crippen LogP contribution in [-0.4, -0.2) is 47.8 Å². The van der Waals surface area contributed by atoms with Crippen molar-refractivity contribution in [2.45, 2.75) is 45.1 Å². The van der Waals surface area contributed by atoms with Gasteiger partial charge in [0.15, 0.2) is 0 Å². The molecule has 0 bridgehead atoms. The van der Waals surface area contributed by atoms with Crippen molar-refractivity contribution in [2.24, 2.45) is 11.8 Å². The maximum Gasteiger partial charge on any atom is 0.410 e. The van der Waals surface area contributed by atoms with Crippen LogP contribution in [0.25, 0.3) is 0 Å². The van der Waals surface area contributed by atoms with Gasteiger partial charge in [0.05, 0.1) is 0 Å². The molecular formula is C19H26ClN3O2. The van der Waals surface area contributed by atoms with Crippen LogP contribution in [0.2, 0.25) is 5.15 Å². The van der Waals surface area contributed by atoms with Crippen molar-refractivity contribution in [3.05, 3.63) is 22.8 Å². The zero-order valence-corrected chi connectivity index (χ0v) is 15.9. The molecule has 6 heteroatoms. The highest BCUT2D eigenvalue weighted by Crippen LogP contribution is 2.42. The number of carbonyl (C=O) groups is 1. The lowest BCUT2D eigenvalue weighted by atomic mass is 9.77. The third-order valence-corrected chi connectivity index (χ3v) is 5.81. The topological polar surface area (TPSA) is 45.7 Å². The number of pyridine rings is 1. The first-order valence-electron chi connectivity index (χ1n) is 9.19. The van der Waals surface area contributed by atoms with E-state index in [4.69, 9.17) is 16.3 Å². The lowest BCUT2D eigenvalue weighted by molar-refractivity contribution is 0.00820. The van der Waals surface area contributed by atoms with Gasteiger partial charge in [0.25, 0.3) is 0 Å². The van der Waals surface area contributed by atoms with E-state index in [0.717, 1.165) is 30.7 Å². The Morgan fingerprint density at radius 1 is 1.16 bits per heavy atom. The fourth-order valence-electron chi connectivity index (χ4n) is 4.01. The Labute approximate surface area is 154 Å². The molecule has 4 rings (SSSR count). The highest BCUT2D eigenvalue weighted by Gasteiger charge is 2.40. The van der Waals surface area contributed by atoms with Gasteiger partial charge in [0.1, 0.15) is 16.6 Å². The van der Waals surface area contributed by atoms with Crippen LogP contribution >= 0.6 is 11.6 Å². The summed E-state index contributed by atoms with van der Waals surface area (Å²) in [6, 6.07) is 4.10. The molecule has 3 heterocycles. The Bertz CT molecular complexity index is 670. The first kappa shape index (κ1) is 17.0. The van der Waals surface area contributed by atoms with E-state index in [2.05, 4.69) is 16.0 Å². The molecule has 2 aliphatic heterocycles. The molecule has 1 aromatic heterocycles. The number of anilines is 1. The van der Waals surface area contributed by atoms with Crippen molar-refractivity contribution in [1.82, 2.24) is 9.88 Å². The predicted molar refractivity (Wildman–Crippen MR) is 98.2 cm³/mol. The summed E-state index contributed by atoms with van der Waals surface area (Å²) in [5.41, 5.74) is 0.721. The molecule has 25 heavy (non-hydrogen) atoms. The van der Waals surface area contributed by atoms with E-state index in [-0.39, 0.29) is 6.09 Å². The normalized spacial score (nSPS) is 26.1. The summed E-state index contributed by atoms with van der Waals surface area (Å²) in [5, 5.41) is 0.544. The average molecular weight is 364 g/mol. The molecule has 2 atom stereocenters. The third-order valence-electron chi connectivity index (χ3n) is 5.62. The molecule has 1 aromatic rings. The monoisotopic (exact) mass is 363 g/mol. The molecule has 1 amide bonds. The molecule has 5 nitrogen and oxygen atoms in total. The smallest absolute Gasteiger partial charge is 0.410 e. The Balaban J connectivity index is 1.41. The van der Waals surface area contributed by atoms with Gasteiger partial charge in [-0.2, -0.15) is 0 Å². The van der Waals surface area contributed by atoms with Crippen LogP contribution in [0.5, 0.6) is 0 Å². The molecule has 2 saturated heterocycles. The Hall–Kier alpha value is -1.49. The van der Waals surface area contributed by atoms with E-state index >= 15 is 0 Å². The molecule has 2 unspecified atom stereocenters. The fraction of sp³-hybridized carbons (Fsp3) is 0.684. The predicted octanol–water partition coefficient (Wildman–Crippen LogP) is 3.92. The van der Waals surface area contributed by atoms with Gasteiger partial charge in [-0.05, 0) is 63.1 Å². The minimum absolute atomic E-state index is 0.236. The average Bonchev–Trinajstić information content (AvgIpc) is 2.70. The molecule has 136 valence electrons. The summed E-state index contributed by atoms with van der Waals surface area (Å²) in [4.78, 5) is 20.8. The summed E-state index contributed by atoms with van der Waals surface area (Å²) < 4.78 is 5.43. The summed E-state index contributed by atoms with van der Waals surface area (Å²) >= 11 is 6.29. The second kappa shape index (κ2) is 6.04. The SMILES string of the molecule is CC(C)(C)OC(=O)N1CC(c2cc(Cl)nc(N3CC4CCC4C3)c2)C1. The summed E-state index contributed by atoms with van der Waals surface area (Å²) in [6.45, 7) is 9.24.